The Hall–Kier alpha value is -0.120. The van der Waals surface area contributed by atoms with Gasteiger partial charge in [-0.1, -0.05) is 6.92 Å². The molecule has 0 fully saturated rings. The fraction of sp³-hybridized carbons (Fsp3) is 0.833. The molecule has 0 saturated heterocycles. The summed E-state index contributed by atoms with van der Waals surface area (Å²) in [6, 6.07) is 0. The summed E-state index contributed by atoms with van der Waals surface area (Å²) in [5.41, 5.74) is 3.81. The number of aliphatic hydroxyl groups is 1. The largest absolute Gasteiger partial charge is 0.382 e. The Morgan fingerprint density at radius 2 is 2.10 bits per heavy atom. The van der Waals surface area contributed by atoms with Crippen LogP contribution >= 0.6 is 12.4 Å². The van der Waals surface area contributed by atoms with Gasteiger partial charge in [-0.2, -0.15) is 0 Å². The molecular formula is C6H14ClNO2. The molecule has 0 radical (unpaired) electrons. The van der Waals surface area contributed by atoms with E-state index in [9.17, 15) is 4.79 Å². The van der Waals surface area contributed by atoms with E-state index >= 15 is 0 Å². The summed E-state index contributed by atoms with van der Waals surface area (Å²) in [5, 5.41) is 9.16. The number of hydrogen-bond acceptors (Lipinski definition) is 3. The zero-order valence-electron chi connectivity index (χ0n) is 6.26. The van der Waals surface area contributed by atoms with Crippen molar-refractivity contribution < 1.29 is 9.90 Å². The molecule has 0 heterocycles. The van der Waals surface area contributed by atoms with Gasteiger partial charge in [-0.15, -0.1) is 12.4 Å². The van der Waals surface area contributed by atoms with Crippen LogP contribution in [0.2, 0.25) is 0 Å². The molecule has 0 saturated carbocycles. The first-order valence-electron chi connectivity index (χ1n) is 3.00. The molecule has 0 aromatic rings. The lowest BCUT2D eigenvalue weighted by Crippen LogP contribution is -2.38. The van der Waals surface area contributed by atoms with Crippen molar-refractivity contribution in [3.8, 4) is 0 Å². The number of hydrogen-bond donors (Lipinski definition) is 2. The van der Waals surface area contributed by atoms with Crippen molar-refractivity contribution in [1.82, 2.24) is 0 Å². The topological polar surface area (TPSA) is 63.3 Å². The monoisotopic (exact) mass is 167 g/mol. The van der Waals surface area contributed by atoms with Gasteiger partial charge >= 0.3 is 0 Å². The Bertz CT molecular complexity index is 114. The van der Waals surface area contributed by atoms with Crippen LogP contribution in [-0.2, 0) is 4.79 Å². The highest BCUT2D eigenvalue weighted by Crippen LogP contribution is 2.07. The van der Waals surface area contributed by atoms with Gasteiger partial charge in [-0.3, -0.25) is 4.79 Å². The molecule has 3 N–H and O–H groups in total. The summed E-state index contributed by atoms with van der Waals surface area (Å²) in [5.74, 6) is -0.301. The molecule has 0 spiro atoms. The lowest BCUT2D eigenvalue weighted by Gasteiger charge is -2.17. The van der Waals surface area contributed by atoms with E-state index in [1.54, 1.807) is 6.92 Å². The first kappa shape index (κ1) is 12.5. The number of carbonyl (C=O) groups is 1. The molecule has 0 aromatic heterocycles. The molecule has 0 aliphatic carbocycles. The molecule has 1 atom stereocenters. The highest BCUT2D eigenvalue weighted by atomic mass is 35.5. The fourth-order valence-electron chi connectivity index (χ4n) is 0.417. The van der Waals surface area contributed by atoms with Gasteiger partial charge in [0, 0.05) is 0 Å². The van der Waals surface area contributed by atoms with E-state index in [4.69, 9.17) is 10.8 Å². The Morgan fingerprint density at radius 3 is 2.20 bits per heavy atom. The number of ketones is 1. The second kappa shape index (κ2) is 4.66. The van der Waals surface area contributed by atoms with Crippen molar-refractivity contribution in [2.24, 2.45) is 5.73 Å². The van der Waals surface area contributed by atoms with Gasteiger partial charge in [0.05, 0.1) is 6.54 Å². The van der Waals surface area contributed by atoms with E-state index in [-0.39, 0.29) is 24.7 Å². The predicted molar refractivity (Wildman–Crippen MR) is 42.2 cm³/mol. The zero-order chi connectivity index (χ0) is 7.49. The van der Waals surface area contributed by atoms with E-state index in [1.807, 2.05) is 0 Å². The van der Waals surface area contributed by atoms with Gasteiger partial charge in [0.15, 0.2) is 5.78 Å². The molecule has 0 aromatic carbocycles. The number of nitrogens with two attached hydrogens (primary N) is 1. The SMILES string of the molecule is CC[C@@](C)(O)C(=O)CN.Cl. The van der Waals surface area contributed by atoms with Gasteiger partial charge in [0.25, 0.3) is 0 Å². The second-order valence-corrected chi connectivity index (χ2v) is 2.25. The summed E-state index contributed by atoms with van der Waals surface area (Å²) in [6.45, 7) is 3.14. The third kappa shape index (κ3) is 3.15. The standard InChI is InChI=1S/C6H13NO2.ClH/c1-3-6(2,9)5(8)4-7;/h9H,3-4,7H2,1-2H3;1H/t6-;/m1./s1. The third-order valence-electron chi connectivity index (χ3n) is 1.47. The van der Waals surface area contributed by atoms with Crippen molar-refractivity contribution >= 4 is 18.2 Å². The quantitative estimate of drug-likeness (QED) is 0.627. The van der Waals surface area contributed by atoms with Crippen LogP contribution in [0.3, 0.4) is 0 Å². The Labute approximate surface area is 67.0 Å². The minimum Gasteiger partial charge on any atom is -0.382 e. The lowest BCUT2D eigenvalue weighted by atomic mass is 9.98. The zero-order valence-corrected chi connectivity index (χ0v) is 7.07. The minimum absolute atomic E-state index is 0. The molecule has 4 heteroatoms. The molecule has 0 bridgehead atoms. The van der Waals surface area contributed by atoms with E-state index in [1.165, 1.54) is 6.92 Å². The van der Waals surface area contributed by atoms with Crippen LogP contribution in [0, 0.1) is 0 Å². The van der Waals surface area contributed by atoms with Crippen LogP contribution in [0.15, 0.2) is 0 Å². The highest BCUT2D eigenvalue weighted by Gasteiger charge is 2.25. The van der Waals surface area contributed by atoms with Crippen molar-refractivity contribution in [3.05, 3.63) is 0 Å². The van der Waals surface area contributed by atoms with E-state index in [0.717, 1.165) is 0 Å². The highest BCUT2D eigenvalue weighted by molar-refractivity contribution is 5.88. The predicted octanol–water partition coefficient (Wildman–Crippen LogP) is 0.0970. The maximum absolute atomic E-state index is 10.7. The fourth-order valence-corrected chi connectivity index (χ4v) is 0.417. The maximum Gasteiger partial charge on any atom is 0.177 e. The van der Waals surface area contributed by atoms with Crippen molar-refractivity contribution in [3.63, 3.8) is 0 Å². The maximum atomic E-state index is 10.7. The first-order valence-corrected chi connectivity index (χ1v) is 3.00. The molecule has 10 heavy (non-hydrogen) atoms. The van der Waals surface area contributed by atoms with Crippen molar-refractivity contribution in [2.45, 2.75) is 25.9 Å². The van der Waals surface area contributed by atoms with Crippen molar-refractivity contribution in [1.29, 1.82) is 0 Å². The molecule has 62 valence electrons. The van der Waals surface area contributed by atoms with Gasteiger partial charge < -0.3 is 10.8 Å². The number of carbonyl (C=O) groups excluding carboxylic acids is 1. The van der Waals surface area contributed by atoms with Gasteiger partial charge in [-0.05, 0) is 13.3 Å². The van der Waals surface area contributed by atoms with Gasteiger partial charge in [-0.25, -0.2) is 0 Å². The second-order valence-electron chi connectivity index (χ2n) is 2.25. The summed E-state index contributed by atoms with van der Waals surface area (Å²) in [6.07, 6.45) is 0.420. The summed E-state index contributed by atoms with van der Waals surface area (Å²) in [4.78, 5) is 10.7. The minimum atomic E-state index is -1.21. The smallest absolute Gasteiger partial charge is 0.177 e. The summed E-state index contributed by atoms with van der Waals surface area (Å²) in [7, 11) is 0. The van der Waals surface area contributed by atoms with E-state index in [0.29, 0.717) is 6.42 Å². The third-order valence-corrected chi connectivity index (χ3v) is 1.47. The molecule has 0 unspecified atom stereocenters. The Morgan fingerprint density at radius 1 is 1.70 bits per heavy atom. The van der Waals surface area contributed by atoms with Crippen LogP contribution in [-0.4, -0.2) is 23.0 Å². The molecular weight excluding hydrogens is 154 g/mol. The number of halogens is 1. The van der Waals surface area contributed by atoms with E-state index in [2.05, 4.69) is 0 Å². The van der Waals surface area contributed by atoms with Crippen LogP contribution in [0.4, 0.5) is 0 Å². The average molecular weight is 168 g/mol. The first-order chi connectivity index (χ1) is 4.04. The van der Waals surface area contributed by atoms with Gasteiger partial charge in [0.2, 0.25) is 0 Å². The Balaban J connectivity index is 0. The van der Waals surface area contributed by atoms with Crippen LogP contribution in [0.1, 0.15) is 20.3 Å². The average Bonchev–Trinajstić information content (AvgIpc) is 1.86. The molecule has 0 amide bonds. The normalized spacial score (nSPS) is 15.2. The number of rotatable bonds is 3. The Kier molecular flexibility index (Phi) is 5.84. The summed E-state index contributed by atoms with van der Waals surface area (Å²) >= 11 is 0. The van der Waals surface area contributed by atoms with Crippen LogP contribution in [0.25, 0.3) is 0 Å². The lowest BCUT2D eigenvalue weighted by molar-refractivity contribution is -0.134. The van der Waals surface area contributed by atoms with Crippen LogP contribution in [0.5, 0.6) is 0 Å². The molecule has 3 nitrogen and oxygen atoms in total. The van der Waals surface area contributed by atoms with Crippen molar-refractivity contribution in [2.75, 3.05) is 6.54 Å². The van der Waals surface area contributed by atoms with Gasteiger partial charge in [0.1, 0.15) is 5.60 Å². The number of Topliss-reactive ketones (excluding diaryl/α,β-unsaturated/α-hetero) is 1. The van der Waals surface area contributed by atoms with Crippen LogP contribution < -0.4 is 5.73 Å². The van der Waals surface area contributed by atoms with E-state index < -0.39 is 5.60 Å². The summed E-state index contributed by atoms with van der Waals surface area (Å²) < 4.78 is 0. The molecule has 0 aliphatic rings. The molecule has 0 aliphatic heterocycles. The molecule has 0 rings (SSSR count).